The monoisotopic (exact) mass is 336 g/mol. The van der Waals surface area contributed by atoms with Gasteiger partial charge in [0.2, 0.25) is 4.77 Å². The molecular weight excluding hydrogens is 320 g/mol. The van der Waals surface area contributed by atoms with Crippen molar-refractivity contribution in [1.29, 1.82) is 0 Å². The molecule has 0 spiro atoms. The highest BCUT2D eigenvalue weighted by Crippen LogP contribution is 2.13. The summed E-state index contributed by atoms with van der Waals surface area (Å²) in [5.74, 6) is 0.267. The smallest absolute Gasteiger partial charge is 0.255 e. The minimum atomic E-state index is -0.209. The van der Waals surface area contributed by atoms with Crippen molar-refractivity contribution in [1.82, 2.24) is 20.5 Å². The molecule has 0 unspecified atom stereocenters. The number of carbonyl (C=O) groups excluding carboxylic acids is 1. The maximum atomic E-state index is 12.5. The first kappa shape index (κ1) is 15.9. The lowest BCUT2D eigenvalue weighted by Crippen LogP contribution is -2.22. The normalized spacial score (nSPS) is 11.3. The van der Waals surface area contributed by atoms with E-state index < -0.39 is 0 Å². The molecule has 0 atom stereocenters. The molecule has 0 fully saturated rings. The number of nitrogens with one attached hydrogen (secondary N) is 3. The molecule has 3 aromatic rings. The number of benzene rings is 2. The van der Waals surface area contributed by atoms with Crippen molar-refractivity contribution < 1.29 is 4.79 Å². The number of aromatic nitrogens is 3. The Balaban J connectivity index is 1.93. The van der Waals surface area contributed by atoms with E-state index in [9.17, 15) is 4.79 Å². The third-order valence-electron chi connectivity index (χ3n) is 3.43. The highest BCUT2D eigenvalue weighted by molar-refractivity contribution is 7.71. The summed E-state index contributed by atoms with van der Waals surface area (Å²) in [6.07, 6.45) is 1.84. The second kappa shape index (κ2) is 7.06. The van der Waals surface area contributed by atoms with Gasteiger partial charge in [0.1, 0.15) is 0 Å². The van der Waals surface area contributed by atoms with E-state index in [-0.39, 0.29) is 5.91 Å². The fourth-order valence-corrected chi connectivity index (χ4v) is 2.32. The minimum Gasteiger partial charge on any atom is -0.319 e. The van der Waals surface area contributed by atoms with E-state index in [1.54, 1.807) is 12.1 Å². The summed E-state index contributed by atoms with van der Waals surface area (Å²) in [7, 11) is 0. The highest BCUT2D eigenvalue weighted by Gasteiger charge is 2.12. The van der Waals surface area contributed by atoms with Gasteiger partial charge < -0.3 is 5.32 Å². The largest absolute Gasteiger partial charge is 0.319 e. The number of hydrogen-bond acceptors (Lipinski definition) is 3. The van der Waals surface area contributed by atoms with Crippen LogP contribution in [-0.4, -0.2) is 21.1 Å². The molecule has 2 aromatic carbocycles. The fraction of sp³-hybridized carbons (Fsp3) is 0.0556. The molecule has 0 radical (unpaired) electrons. The van der Waals surface area contributed by atoms with Crippen molar-refractivity contribution in [3.8, 4) is 0 Å². The second-order valence-electron chi connectivity index (χ2n) is 5.30. The van der Waals surface area contributed by atoms with Crippen LogP contribution in [0, 0.1) is 11.7 Å². The molecule has 120 valence electrons. The van der Waals surface area contributed by atoms with Crippen LogP contribution in [0.15, 0.2) is 54.6 Å². The van der Waals surface area contributed by atoms with Crippen LogP contribution < -0.4 is 5.32 Å². The van der Waals surface area contributed by atoms with Crippen molar-refractivity contribution in [3.63, 3.8) is 0 Å². The third-order valence-corrected chi connectivity index (χ3v) is 3.62. The zero-order chi connectivity index (χ0) is 16.9. The van der Waals surface area contributed by atoms with Gasteiger partial charge in [-0.1, -0.05) is 48.0 Å². The zero-order valence-corrected chi connectivity index (χ0v) is 13.9. The van der Waals surface area contributed by atoms with E-state index in [0.29, 0.717) is 21.9 Å². The number of aromatic amines is 2. The number of amides is 1. The van der Waals surface area contributed by atoms with Gasteiger partial charge in [0.05, 0.1) is 5.70 Å². The summed E-state index contributed by atoms with van der Waals surface area (Å²) in [5.41, 5.74) is 3.16. The van der Waals surface area contributed by atoms with Crippen molar-refractivity contribution in [2.75, 3.05) is 0 Å². The predicted molar refractivity (Wildman–Crippen MR) is 96.7 cm³/mol. The predicted octanol–water partition coefficient (Wildman–Crippen LogP) is 3.70. The number of carbonyl (C=O) groups is 1. The molecule has 24 heavy (non-hydrogen) atoms. The Labute approximate surface area is 144 Å². The number of rotatable bonds is 4. The Kier molecular flexibility index (Phi) is 4.67. The lowest BCUT2D eigenvalue weighted by atomic mass is 10.1. The third kappa shape index (κ3) is 3.85. The lowest BCUT2D eigenvalue weighted by Gasteiger charge is -2.08. The molecule has 0 bridgehead atoms. The SMILES string of the molecule is Cc1ccc(C(=O)N/C(=C\c2ccccc2)c2nc(=S)[nH][nH]2)cc1. The number of aryl methyl sites for hydroxylation is 1. The van der Waals surface area contributed by atoms with Gasteiger partial charge in [0.15, 0.2) is 5.82 Å². The van der Waals surface area contributed by atoms with Crippen molar-refractivity contribution in [2.45, 2.75) is 6.92 Å². The number of nitrogens with zero attached hydrogens (tertiary/aromatic N) is 1. The molecule has 1 heterocycles. The molecule has 3 N–H and O–H groups in total. The first-order chi connectivity index (χ1) is 11.6. The summed E-state index contributed by atoms with van der Waals surface area (Å²) in [4.78, 5) is 16.7. The van der Waals surface area contributed by atoms with Gasteiger partial charge in [-0.2, -0.15) is 4.98 Å². The van der Waals surface area contributed by atoms with E-state index in [4.69, 9.17) is 12.2 Å². The molecule has 0 aliphatic heterocycles. The van der Waals surface area contributed by atoms with Gasteiger partial charge in [-0.3, -0.25) is 15.0 Å². The van der Waals surface area contributed by atoms with Gasteiger partial charge in [0, 0.05) is 5.56 Å². The summed E-state index contributed by atoms with van der Waals surface area (Å²) >= 11 is 5.00. The Morgan fingerprint density at radius 3 is 2.42 bits per heavy atom. The van der Waals surface area contributed by atoms with E-state index >= 15 is 0 Å². The lowest BCUT2D eigenvalue weighted by molar-refractivity contribution is 0.0973. The minimum absolute atomic E-state index is 0.209. The molecule has 0 aliphatic rings. The van der Waals surface area contributed by atoms with Crippen molar-refractivity contribution in [2.24, 2.45) is 0 Å². The molecule has 6 heteroatoms. The van der Waals surface area contributed by atoms with Gasteiger partial charge in [-0.25, -0.2) is 0 Å². The maximum Gasteiger partial charge on any atom is 0.255 e. The number of hydrogen-bond donors (Lipinski definition) is 3. The first-order valence-electron chi connectivity index (χ1n) is 7.41. The van der Waals surface area contributed by atoms with Crippen LogP contribution in [0.5, 0.6) is 0 Å². The van der Waals surface area contributed by atoms with Crippen LogP contribution in [0.4, 0.5) is 0 Å². The quantitative estimate of drug-likeness (QED) is 0.636. The molecule has 5 nitrogen and oxygen atoms in total. The molecule has 3 rings (SSSR count). The summed E-state index contributed by atoms with van der Waals surface area (Å²) in [6.45, 7) is 1.98. The summed E-state index contributed by atoms with van der Waals surface area (Å²) < 4.78 is 0.327. The molecular formula is C18H16N4OS. The fourth-order valence-electron chi connectivity index (χ4n) is 2.18. The second-order valence-corrected chi connectivity index (χ2v) is 5.69. The molecule has 0 saturated heterocycles. The van der Waals surface area contributed by atoms with E-state index in [1.165, 1.54) is 0 Å². The van der Waals surface area contributed by atoms with Crippen LogP contribution in [-0.2, 0) is 0 Å². The van der Waals surface area contributed by atoms with E-state index in [0.717, 1.165) is 11.1 Å². The van der Waals surface area contributed by atoms with Gasteiger partial charge in [0.25, 0.3) is 5.91 Å². The maximum absolute atomic E-state index is 12.5. The summed E-state index contributed by atoms with van der Waals surface area (Å²) in [5, 5.41) is 8.50. The van der Waals surface area contributed by atoms with Crippen LogP contribution in [0.2, 0.25) is 0 Å². The molecule has 1 amide bonds. The summed E-state index contributed by atoms with van der Waals surface area (Å²) in [6, 6.07) is 17.1. The standard InChI is InChI=1S/C18H16N4OS/c1-12-7-9-14(10-8-12)17(23)19-15(16-20-18(24)22-21-16)11-13-5-3-2-4-6-13/h2-11H,1H3,(H,19,23)(H2,20,21,22,24)/b15-11-. The van der Waals surface area contributed by atoms with Crippen molar-refractivity contribution >= 4 is 29.9 Å². The van der Waals surface area contributed by atoms with E-state index in [2.05, 4.69) is 20.5 Å². The Morgan fingerprint density at radius 2 is 1.79 bits per heavy atom. The molecule has 1 aromatic heterocycles. The number of H-pyrrole nitrogens is 2. The van der Waals surface area contributed by atoms with Crippen molar-refractivity contribution in [3.05, 3.63) is 81.9 Å². The Hall–Kier alpha value is -2.99. The zero-order valence-electron chi connectivity index (χ0n) is 13.0. The highest BCUT2D eigenvalue weighted by atomic mass is 32.1. The van der Waals surface area contributed by atoms with Gasteiger partial charge in [-0.05, 0) is 42.9 Å². The van der Waals surface area contributed by atoms with E-state index in [1.807, 2.05) is 55.5 Å². The van der Waals surface area contributed by atoms with Gasteiger partial charge >= 0.3 is 0 Å². The first-order valence-corrected chi connectivity index (χ1v) is 7.82. The van der Waals surface area contributed by atoms with Crippen LogP contribution >= 0.6 is 12.2 Å². The van der Waals surface area contributed by atoms with Crippen LogP contribution in [0.3, 0.4) is 0 Å². The Morgan fingerprint density at radius 1 is 1.08 bits per heavy atom. The topological polar surface area (TPSA) is 73.6 Å². The average molecular weight is 336 g/mol. The van der Waals surface area contributed by atoms with Crippen LogP contribution in [0.1, 0.15) is 27.3 Å². The Bertz CT molecular complexity index is 923. The molecule has 0 aliphatic carbocycles. The average Bonchev–Trinajstić information content (AvgIpc) is 3.02. The van der Waals surface area contributed by atoms with Gasteiger partial charge in [-0.15, -0.1) is 0 Å². The van der Waals surface area contributed by atoms with Crippen LogP contribution in [0.25, 0.3) is 11.8 Å². The molecule has 0 saturated carbocycles.